The normalized spacial score (nSPS) is 18.5. The van der Waals surface area contributed by atoms with Gasteiger partial charge in [0.1, 0.15) is 5.37 Å². The lowest BCUT2D eigenvalue weighted by atomic mass is 10.0. The van der Waals surface area contributed by atoms with Crippen LogP contribution in [0.15, 0.2) is 54.6 Å². The minimum absolute atomic E-state index is 0.0844. The maximum Gasteiger partial charge on any atom is 0.238 e. The lowest BCUT2D eigenvalue weighted by Crippen LogP contribution is -2.27. The molecule has 3 heteroatoms. The third-order valence-electron chi connectivity index (χ3n) is 3.79. The minimum Gasteiger partial charge on any atom is -0.295 e. The number of para-hydroxylation sites is 1. The summed E-state index contributed by atoms with van der Waals surface area (Å²) in [5, 5.41) is 0.0844. The van der Waals surface area contributed by atoms with Gasteiger partial charge in [-0.2, -0.15) is 0 Å². The molecule has 1 heterocycles. The van der Waals surface area contributed by atoms with Crippen LogP contribution in [0, 0.1) is 0 Å². The highest BCUT2D eigenvalue weighted by Crippen LogP contribution is 2.41. The molecule has 2 nitrogen and oxygen atoms in total. The Labute approximate surface area is 130 Å². The van der Waals surface area contributed by atoms with Crippen molar-refractivity contribution in [3.05, 3.63) is 65.7 Å². The molecule has 1 aliphatic rings. The second kappa shape index (κ2) is 5.94. The average molecular weight is 297 g/mol. The van der Waals surface area contributed by atoms with E-state index in [2.05, 4.69) is 38.1 Å². The zero-order valence-corrected chi connectivity index (χ0v) is 13.1. The van der Waals surface area contributed by atoms with Crippen LogP contribution in [-0.2, 0) is 4.79 Å². The third kappa shape index (κ3) is 2.84. The van der Waals surface area contributed by atoms with Crippen molar-refractivity contribution in [2.75, 3.05) is 10.7 Å². The smallest absolute Gasteiger partial charge is 0.238 e. The van der Waals surface area contributed by atoms with Gasteiger partial charge in [-0.05, 0) is 29.2 Å². The molecule has 0 aromatic heterocycles. The Morgan fingerprint density at radius 1 is 1.05 bits per heavy atom. The number of amides is 1. The fourth-order valence-corrected chi connectivity index (χ4v) is 3.76. The molecule has 1 amide bonds. The number of nitrogens with zero attached hydrogens (tertiary/aromatic N) is 1. The monoisotopic (exact) mass is 297 g/mol. The SMILES string of the molecule is CC(C)c1ccc(C2SCC(=O)N2c2ccccc2)cc1. The van der Waals surface area contributed by atoms with Crippen LogP contribution >= 0.6 is 11.8 Å². The maximum atomic E-state index is 12.2. The van der Waals surface area contributed by atoms with Gasteiger partial charge in [-0.3, -0.25) is 9.69 Å². The zero-order valence-electron chi connectivity index (χ0n) is 12.3. The van der Waals surface area contributed by atoms with Crippen molar-refractivity contribution in [3.8, 4) is 0 Å². The van der Waals surface area contributed by atoms with Crippen molar-refractivity contribution in [2.24, 2.45) is 0 Å². The molecule has 1 saturated heterocycles. The van der Waals surface area contributed by atoms with Gasteiger partial charge in [0, 0.05) is 5.69 Å². The summed E-state index contributed by atoms with van der Waals surface area (Å²) in [5.41, 5.74) is 3.50. The first-order chi connectivity index (χ1) is 10.2. The number of hydrogen-bond donors (Lipinski definition) is 0. The largest absolute Gasteiger partial charge is 0.295 e. The van der Waals surface area contributed by atoms with E-state index in [1.54, 1.807) is 11.8 Å². The molecule has 0 spiro atoms. The summed E-state index contributed by atoms with van der Waals surface area (Å²) in [7, 11) is 0. The van der Waals surface area contributed by atoms with Crippen LogP contribution in [0.4, 0.5) is 5.69 Å². The van der Waals surface area contributed by atoms with Gasteiger partial charge in [-0.25, -0.2) is 0 Å². The Hall–Kier alpha value is -1.74. The van der Waals surface area contributed by atoms with Crippen LogP contribution in [0.3, 0.4) is 0 Å². The molecule has 0 bridgehead atoms. The van der Waals surface area contributed by atoms with E-state index < -0.39 is 0 Å². The second-order valence-corrected chi connectivity index (χ2v) is 6.65. The van der Waals surface area contributed by atoms with E-state index in [0.717, 1.165) is 5.69 Å². The number of anilines is 1. The third-order valence-corrected chi connectivity index (χ3v) is 5.00. The summed E-state index contributed by atoms with van der Waals surface area (Å²) < 4.78 is 0. The van der Waals surface area contributed by atoms with Crippen molar-refractivity contribution in [3.63, 3.8) is 0 Å². The Bertz CT molecular complexity index is 621. The molecule has 0 aliphatic carbocycles. The lowest BCUT2D eigenvalue weighted by molar-refractivity contribution is -0.115. The molecular formula is C18H19NOS. The summed E-state index contributed by atoms with van der Waals surface area (Å²) in [5.74, 6) is 1.26. The van der Waals surface area contributed by atoms with Crippen LogP contribution in [0.25, 0.3) is 0 Å². The first-order valence-corrected chi connectivity index (χ1v) is 8.30. The van der Waals surface area contributed by atoms with Crippen LogP contribution in [0.1, 0.15) is 36.3 Å². The van der Waals surface area contributed by atoms with Gasteiger partial charge in [-0.1, -0.05) is 56.3 Å². The van der Waals surface area contributed by atoms with Crippen molar-refractivity contribution >= 4 is 23.4 Å². The highest BCUT2D eigenvalue weighted by atomic mass is 32.2. The summed E-state index contributed by atoms with van der Waals surface area (Å²) in [6.45, 7) is 4.39. The quantitative estimate of drug-likeness (QED) is 0.826. The summed E-state index contributed by atoms with van der Waals surface area (Å²) in [4.78, 5) is 14.2. The van der Waals surface area contributed by atoms with Gasteiger partial charge in [-0.15, -0.1) is 11.8 Å². The first kappa shape index (κ1) is 14.2. The average Bonchev–Trinajstić information content (AvgIpc) is 2.90. The highest BCUT2D eigenvalue weighted by molar-refractivity contribution is 8.00. The fourth-order valence-electron chi connectivity index (χ4n) is 2.58. The van der Waals surface area contributed by atoms with Crippen molar-refractivity contribution < 1.29 is 4.79 Å². The van der Waals surface area contributed by atoms with Crippen molar-refractivity contribution in [1.82, 2.24) is 0 Å². The van der Waals surface area contributed by atoms with Gasteiger partial charge in [0.05, 0.1) is 5.75 Å². The molecule has 1 fully saturated rings. The Balaban J connectivity index is 1.91. The molecular weight excluding hydrogens is 278 g/mol. The number of benzene rings is 2. The molecule has 0 saturated carbocycles. The first-order valence-electron chi connectivity index (χ1n) is 7.25. The van der Waals surface area contributed by atoms with E-state index in [0.29, 0.717) is 11.7 Å². The van der Waals surface area contributed by atoms with E-state index in [9.17, 15) is 4.79 Å². The zero-order chi connectivity index (χ0) is 14.8. The number of thioether (sulfide) groups is 1. The number of rotatable bonds is 3. The van der Waals surface area contributed by atoms with Crippen LogP contribution in [0.2, 0.25) is 0 Å². The van der Waals surface area contributed by atoms with Gasteiger partial charge < -0.3 is 0 Å². The predicted molar refractivity (Wildman–Crippen MR) is 89.7 cm³/mol. The van der Waals surface area contributed by atoms with E-state index >= 15 is 0 Å². The Morgan fingerprint density at radius 3 is 2.33 bits per heavy atom. The highest BCUT2D eigenvalue weighted by Gasteiger charge is 2.33. The van der Waals surface area contributed by atoms with E-state index in [4.69, 9.17) is 0 Å². The molecule has 0 N–H and O–H groups in total. The van der Waals surface area contributed by atoms with E-state index in [1.165, 1.54) is 11.1 Å². The standard InChI is InChI=1S/C18H19NOS/c1-13(2)14-8-10-15(11-9-14)18-19(17(20)12-21-18)16-6-4-3-5-7-16/h3-11,13,18H,12H2,1-2H3. The Morgan fingerprint density at radius 2 is 1.71 bits per heavy atom. The Kier molecular flexibility index (Phi) is 4.02. The second-order valence-electron chi connectivity index (χ2n) is 5.58. The molecule has 0 radical (unpaired) electrons. The minimum atomic E-state index is 0.0844. The van der Waals surface area contributed by atoms with E-state index in [1.807, 2.05) is 35.2 Å². The number of carbonyl (C=O) groups is 1. The van der Waals surface area contributed by atoms with Crippen molar-refractivity contribution in [1.29, 1.82) is 0 Å². The maximum absolute atomic E-state index is 12.2. The van der Waals surface area contributed by atoms with Crippen molar-refractivity contribution in [2.45, 2.75) is 25.1 Å². The van der Waals surface area contributed by atoms with E-state index in [-0.39, 0.29) is 11.3 Å². The molecule has 1 unspecified atom stereocenters. The fraction of sp³-hybridized carbons (Fsp3) is 0.278. The molecule has 1 aliphatic heterocycles. The molecule has 3 rings (SSSR count). The van der Waals surface area contributed by atoms with Crippen LogP contribution < -0.4 is 4.90 Å². The van der Waals surface area contributed by atoms with Gasteiger partial charge in [0.25, 0.3) is 0 Å². The number of carbonyl (C=O) groups excluding carboxylic acids is 1. The summed E-state index contributed by atoms with van der Waals surface area (Å²) in [6, 6.07) is 18.6. The van der Waals surface area contributed by atoms with Gasteiger partial charge in [0.15, 0.2) is 0 Å². The predicted octanol–water partition coefficient (Wildman–Crippen LogP) is 4.59. The van der Waals surface area contributed by atoms with Crippen LogP contribution in [-0.4, -0.2) is 11.7 Å². The molecule has 108 valence electrons. The van der Waals surface area contributed by atoms with Gasteiger partial charge in [0.2, 0.25) is 5.91 Å². The van der Waals surface area contributed by atoms with Crippen LogP contribution in [0.5, 0.6) is 0 Å². The molecule has 2 aromatic rings. The number of hydrogen-bond acceptors (Lipinski definition) is 2. The molecule has 1 atom stereocenters. The summed E-state index contributed by atoms with van der Waals surface area (Å²) >= 11 is 1.70. The molecule has 21 heavy (non-hydrogen) atoms. The topological polar surface area (TPSA) is 20.3 Å². The van der Waals surface area contributed by atoms with Gasteiger partial charge >= 0.3 is 0 Å². The lowest BCUT2D eigenvalue weighted by Gasteiger charge is -2.24. The summed E-state index contributed by atoms with van der Waals surface area (Å²) in [6.07, 6.45) is 0. The molecule has 2 aromatic carbocycles.